The zero-order valence-electron chi connectivity index (χ0n) is 15.9. The number of aliphatic imine (C=N–C) groups is 1. The SMILES string of the molecule is CCNC(=O)C(C)(C)CN=C(NCC)NCCCOc1ccccc1. The van der Waals surface area contributed by atoms with Crippen molar-refractivity contribution in [2.45, 2.75) is 34.1 Å². The first-order valence-electron chi connectivity index (χ1n) is 8.98. The number of nitrogens with zero attached hydrogens (tertiary/aromatic N) is 1. The van der Waals surface area contributed by atoms with Crippen LogP contribution in [0.2, 0.25) is 0 Å². The molecule has 1 rings (SSSR count). The van der Waals surface area contributed by atoms with Crippen molar-refractivity contribution < 1.29 is 9.53 Å². The van der Waals surface area contributed by atoms with Gasteiger partial charge in [0.25, 0.3) is 0 Å². The van der Waals surface area contributed by atoms with E-state index in [-0.39, 0.29) is 5.91 Å². The zero-order valence-corrected chi connectivity index (χ0v) is 15.9. The maximum atomic E-state index is 12.0. The monoisotopic (exact) mass is 348 g/mol. The van der Waals surface area contributed by atoms with Gasteiger partial charge in [0.05, 0.1) is 18.6 Å². The van der Waals surface area contributed by atoms with Gasteiger partial charge in [-0.3, -0.25) is 9.79 Å². The lowest BCUT2D eigenvalue weighted by Gasteiger charge is -2.22. The van der Waals surface area contributed by atoms with E-state index in [9.17, 15) is 4.79 Å². The lowest BCUT2D eigenvalue weighted by atomic mass is 9.92. The normalized spacial score (nSPS) is 11.8. The maximum absolute atomic E-state index is 12.0. The van der Waals surface area contributed by atoms with Crippen LogP contribution < -0.4 is 20.7 Å². The number of hydrogen-bond donors (Lipinski definition) is 3. The molecule has 0 saturated heterocycles. The van der Waals surface area contributed by atoms with E-state index in [1.54, 1.807) is 0 Å². The van der Waals surface area contributed by atoms with Crippen molar-refractivity contribution in [3.63, 3.8) is 0 Å². The molecule has 0 heterocycles. The molecule has 0 radical (unpaired) electrons. The molecule has 140 valence electrons. The largest absolute Gasteiger partial charge is 0.494 e. The van der Waals surface area contributed by atoms with Crippen LogP contribution in [0.25, 0.3) is 0 Å². The van der Waals surface area contributed by atoms with Crippen molar-refractivity contribution in [2.75, 3.05) is 32.8 Å². The van der Waals surface area contributed by atoms with Gasteiger partial charge in [-0.25, -0.2) is 0 Å². The summed E-state index contributed by atoms with van der Waals surface area (Å²) < 4.78 is 5.67. The first kappa shape index (κ1) is 20.8. The summed E-state index contributed by atoms with van der Waals surface area (Å²) >= 11 is 0. The van der Waals surface area contributed by atoms with Gasteiger partial charge in [0, 0.05) is 19.6 Å². The fourth-order valence-corrected chi connectivity index (χ4v) is 2.08. The molecule has 0 fully saturated rings. The van der Waals surface area contributed by atoms with Gasteiger partial charge in [0.2, 0.25) is 5.91 Å². The summed E-state index contributed by atoms with van der Waals surface area (Å²) in [7, 11) is 0. The second-order valence-corrected chi connectivity index (χ2v) is 6.38. The molecule has 6 nitrogen and oxygen atoms in total. The minimum Gasteiger partial charge on any atom is -0.494 e. The Morgan fingerprint density at radius 1 is 1.08 bits per heavy atom. The van der Waals surface area contributed by atoms with Crippen LogP contribution in [0, 0.1) is 5.41 Å². The minimum atomic E-state index is -0.533. The second-order valence-electron chi connectivity index (χ2n) is 6.38. The molecule has 25 heavy (non-hydrogen) atoms. The van der Waals surface area contributed by atoms with Crippen LogP contribution in [0.4, 0.5) is 0 Å². The van der Waals surface area contributed by atoms with Gasteiger partial charge in [-0.15, -0.1) is 0 Å². The molecule has 0 spiro atoms. The van der Waals surface area contributed by atoms with Crippen LogP contribution in [-0.4, -0.2) is 44.7 Å². The van der Waals surface area contributed by atoms with Crippen molar-refractivity contribution in [3.05, 3.63) is 30.3 Å². The number of para-hydroxylation sites is 1. The summed E-state index contributed by atoms with van der Waals surface area (Å²) in [6.07, 6.45) is 0.860. The third-order valence-corrected chi connectivity index (χ3v) is 3.55. The molecule has 0 saturated carbocycles. The highest BCUT2D eigenvalue weighted by Crippen LogP contribution is 2.15. The Hall–Kier alpha value is -2.24. The average Bonchev–Trinajstić information content (AvgIpc) is 2.60. The standard InChI is InChI=1S/C19H32N4O2/c1-5-20-17(24)19(3,4)15-23-18(21-6-2)22-13-10-14-25-16-11-8-7-9-12-16/h7-9,11-12H,5-6,10,13-15H2,1-4H3,(H,20,24)(H2,21,22,23). The predicted octanol–water partition coefficient (Wildman–Crippen LogP) is 2.17. The average molecular weight is 348 g/mol. The maximum Gasteiger partial charge on any atom is 0.227 e. The molecule has 0 aromatic heterocycles. The van der Waals surface area contributed by atoms with Gasteiger partial charge in [0.15, 0.2) is 5.96 Å². The molecule has 3 N–H and O–H groups in total. The molecule has 6 heteroatoms. The van der Waals surface area contributed by atoms with Crippen molar-refractivity contribution >= 4 is 11.9 Å². The van der Waals surface area contributed by atoms with Crippen LogP contribution in [-0.2, 0) is 4.79 Å². The minimum absolute atomic E-state index is 0.0193. The number of nitrogens with one attached hydrogen (secondary N) is 3. The van der Waals surface area contributed by atoms with E-state index in [0.717, 1.165) is 31.2 Å². The number of carbonyl (C=O) groups excluding carboxylic acids is 1. The Morgan fingerprint density at radius 3 is 2.40 bits per heavy atom. The summed E-state index contributed by atoms with van der Waals surface area (Å²) in [4.78, 5) is 16.6. The summed E-state index contributed by atoms with van der Waals surface area (Å²) in [5.74, 6) is 1.62. The first-order valence-corrected chi connectivity index (χ1v) is 8.98. The summed E-state index contributed by atoms with van der Waals surface area (Å²) in [5.41, 5.74) is -0.533. The highest BCUT2D eigenvalue weighted by Gasteiger charge is 2.26. The Balaban J connectivity index is 2.38. The number of benzene rings is 1. The number of carbonyl (C=O) groups is 1. The van der Waals surface area contributed by atoms with Crippen molar-refractivity contribution in [1.82, 2.24) is 16.0 Å². The Bertz CT molecular complexity index is 529. The van der Waals surface area contributed by atoms with Crippen molar-refractivity contribution in [2.24, 2.45) is 10.4 Å². The zero-order chi connectivity index (χ0) is 18.5. The van der Waals surface area contributed by atoms with E-state index in [1.165, 1.54) is 0 Å². The van der Waals surface area contributed by atoms with E-state index in [1.807, 2.05) is 58.0 Å². The molecule has 1 aromatic carbocycles. The van der Waals surface area contributed by atoms with Gasteiger partial charge in [-0.2, -0.15) is 0 Å². The van der Waals surface area contributed by atoms with E-state index in [2.05, 4.69) is 20.9 Å². The smallest absolute Gasteiger partial charge is 0.227 e. The Labute approximate surface area is 151 Å². The molecule has 0 unspecified atom stereocenters. The lowest BCUT2D eigenvalue weighted by Crippen LogP contribution is -2.42. The summed E-state index contributed by atoms with van der Waals surface area (Å²) in [5, 5.41) is 9.33. The van der Waals surface area contributed by atoms with Crippen LogP contribution in [0.1, 0.15) is 34.1 Å². The Morgan fingerprint density at radius 2 is 1.76 bits per heavy atom. The number of hydrogen-bond acceptors (Lipinski definition) is 3. The van der Waals surface area contributed by atoms with Crippen LogP contribution >= 0.6 is 0 Å². The molecule has 1 amide bonds. The molecule has 1 aromatic rings. The number of rotatable bonds is 10. The topological polar surface area (TPSA) is 74.8 Å². The molecule has 0 atom stereocenters. The highest BCUT2D eigenvalue weighted by atomic mass is 16.5. The van der Waals surface area contributed by atoms with Crippen molar-refractivity contribution in [1.29, 1.82) is 0 Å². The third-order valence-electron chi connectivity index (χ3n) is 3.55. The molecule has 0 aliphatic heterocycles. The van der Waals surface area contributed by atoms with E-state index in [0.29, 0.717) is 19.7 Å². The quantitative estimate of drug-likeness (QED) is 0.344. The number of ether oxygens (including phenoxy) is 1. The molecule has 0 aliphatic rings. The number of amides is 1. The predicted molar refractivity (Wildman–Crippen MR) is 103 cm³/mol. The molecular formula is C19H32N4O2. The van der Waals surface area contributed by atoms with Crippen LogP contribution in [0.15, 0.2) is 35.3 Å². The van der Waals surface area contributed by atoms with E-state index >= 15 is 0 Å². The fraction of sp³-hybridized carbons (Fsp3) is 0.579. The Kier molecular flexibility index (Phi) is 9.43. The van der Waals surface area contributed by atoms with Crippen LogP contribution in [0.3, 0.4) is 0 Å². The molecule has 0 aliphatic carbocycles. The molecule has 0 bridgehead atoms. The second kappa shape index (κ2) is 11.3. The molecular weight excluding hydrogens is 316 g/mol. The third kappa shape index (κ3) is 8.42. The van der Waals surface area contributed by atoms with Gasteiger partial charge < -0.3 is 20.7 Å². The van der Waals surface area contributed by atoms with Crippen LogP contribution in [0.5, 0.6) is 5.75 Å². The van der Waals surface area contributed by atoms with Gasteiger partial charge in [-0.1, -0.05) is 18.2 Å². The fourth-order valence-electron chi connectivity index (χ4n) is 2.08. The van der Waals surface area contributed by atoms with E-state index < -0.39 is 5.41 Å². The van der Waals surface area contributed by atoms with Gasteiger partial charge in [0.1, 0.15) is 5.75 Å². The number of guanidine groups is 1. The van der Waals surface area contributed by atoms with Crippen molar-refractivity contribution in [3.8, 4) is 5.75 Å². The summed E-state index contributed by atoms with van der Waals surface area (Å²) in [6, 6.07) is 9.78. The first-order chi connectivity index (χ1) is 12.0. The van der Waals surface area contributed by atoms with Gasteiger partial charge in [-0.05, 0) is 46.2 Å². The van der Waals surface area contributed by atoms with Gasteiger partial charge >= 0.3 is 0 Å². The highest BCUT2D eigenvalue weighted by molar-refractivity contribution is 5.83. The summed E-state index contributed by atoms with van der Waals surface area (Å²) in [6.45, 7) is 11.0. The van der Waals surface area contributed by atoms with E-state index in [4.69, 9.17) is 4.74 Å². The lowest BCUT2D eigenvalue weighted by molar-refractivity contribution is -0.128.